The Kier molecular flexibility index (Phi) is 4.98. The van der Waals surface area contributed by atoms with Crippen LogP contribution in [0, 0.1) is 0 Å². The van der Waals surface area contributed by atoms with Crippen LogP contribution in [-0.2, 0) is 17.7 Å². The fourth-order valence-electron chi connectivity index (χ4n) is 1.65. The second-order valence-corrected chi connectivity index (χ2v) is 4.55. The maximum atomic E-state index is 11.9. The molecule has 1 aromatic rings. The number of ether oxygens (including phenoxy) is 1. The van der Waals surface area contributed by atoms with Crippen LogP contribution in [0.3, 0.4) is 0 Å². The van der Waals surface area contributed by atoms with Crippen molar-refractivity contribution in [2.24, 2.45) is 0 Å². The van der Waals surface area contributed by atoms with E-state index in [1.807, 2.05) is 0 Å². The van der Waals surface area contributed by atoms with E-state index in [-0.39, 0.29) is 12.2 Å². The molecular formula is C12H17F2N3O2. The molecule has 0 aliphatic heterocycles. The second-order valence-electron chi connectivity index (χ2n) is 4.55. The number of halogens is 2. The lowest BCUT2D eigenvalue weighted by Crippen LogP contribution is -2.21. The third-order valence-electron chi connectivity index (χ3n) is 2.72. The van der Waals surface area contributed by atoms with E-state index in [1.54, 1.807) is 0 Å². The molecule has 0 saturated heterocycles. The minimum Gasteiger partial charge on any atom is -0.375 e. The average Bonchev–Trinajstić information content (AvgIpc) is 3.15. The maximum absolute atomic E-state index is 11.9. The van der Waals surface area contributed by atoms with E-state index >= 15 is 0 Å². The van der Waals surface area contributed by atoms with Gasteiger partial charge in [-0.1, -0.05) is 0 Å². The number of aromatic nitrogens is 2. The Morgan fingerprint density at radius 2 is 2.32 bits per heavy atom. The number of nitrogens with one attached hydrogen (secondary N) is 2. The number of hydrogen-bond donors (Lipinski definition) is 2. The Morgan fingerprint density at radius 1 is 1.53 bits per heavy atom. The molecule has 1 aliphatic carbocycles. The van der Waals surface area contributed by atoms with Crippen LogP contribution in [-0.4, -0.2) is 35.6 Å². The van der Waals surface area contributed by atoms with E-state index in [0.717, 1.165) is 12.8 Å². The van der Waals surface area contributed by atoms with Gasteiger partial charge in [-0.15, -0.1) is 0 Å². The molecule has 0 amide bonds. The van der Waals surface area contributed by atoms with Crippen molar-refractivity contribution < 1.29 is 13.5 Å². The average molecular weight is 273 g/mol. The van der Waals surface area contributed by atoms with Gasteiger partial charge in [-0.3, -0.25) is 4.79 Å². The highest BCUT2D eigenvalue weighted by atomic mass is 19.3. The van der Waals surface area contributed by atoms with E-state index in [9.17, 15) is 13.6 Å². The van der Waals surface area contributed by atoms with Gasteiger partial charge in [0.05, 0.1) is 12.3 Å². The number of aromatic amines is 1. The lowest BCUT2D eigenvalue weighted by molar-refractivity contribution is 0.0182. The third kappa shape index (κ3) is 5.44. The molecule has 0 unspecified atom stereocenters. The van der Waals surface area contributed by atoms with Crippen LogP contribution in [0.5, 0.6) is 0 Å². The Morgan fingerprint density at radius 3 is 3.00 bits per heavy atom. The first-order chi connectivity index (χ1) is 9.13. The fraction of sp³-hybridized carbons (Fsp3) is 0.667. The molecule has 1 saturated carbocycles. The van der Waals surface area contributed by atoms with Gasteiger partial charge in [0.25, 0.3) is 12.0 Å². The highest BCUT2D eigenvalue weighted by Gasteiger charge is 2.20. The molecule has 0 atom stereocenters. The molecule has 0 spiro atoms. The molecule has 0 bridgehead atoms. The highest BCUT2D eigenvalue weighted by Crippen LogP contribution is 2.18. The van der Waals surface area contributed by atoms with Crippen molar-refractivity contribution in [1.29, 1.82) is 0 Å². The van der Waals surface area contributed by atoms with E-state index < -0.39 is 13.0 Å². The summed E-state index contributed by atoms with van der Waals surface area (Å²) in [4.78, 5) is 18.3. The Bertz CT molecular complexity index is 461. The van der Waals surface area contributed by atoms with Crippen LogP contribution in [0.25, 0.3) is 0 Å². The zero-order chi connectivity index (χ0) is 13.7. The Hall–Kier alpha value is -1.34. The standard InChI is InChI=1S/C12H17F2N3O2/c13-10(14)7-19-4-3-11-16-9(5-12(18)17-11)6-15-8-1-2-8/h5,8,10,15H,1-4,6-7H2,(H,16,17,18). The number of nitrogens with zero attached hydrogens (tertiary/aromatic N) is 1. The molecule has 2 N–H and O–H groups in total. The van der Waals surface area contributed by atoms with Gasteiger partial charge in [0, 0.05) is 25.1 Å². The second kappa shape index (κ2) is 6.72. The Balaban J connectivity index is 1.82. The molecule has 2 rings (SSSR count). The normalized spacial score (nSPS) is 15.1. The van der Waals surface area contributed by atoms with Crippen molar-refractivity contribution in [3.05, 3.63) is 27.9 Å². The van der Waals surface area contributed by atoms with Crippen LogP contribution < -0.4 is 10.9 Å². The topological polar surface area (TPSA) is 67.0 Å². The van der Waals surface area contributed by atoms with Crippen LogP contribution in [0.1, 0.15) is 24.4 Å². The molecule has 0 aromatic carbocycles. The van der Waals surface area contributed by atoms with E-state index in [0.29, 0.717) is 30.5 Å². The minimum absolute atomic E-state index is 0.118. The van der Waals surface area contributed by atoms with Gasteiger partial charge < -0.3 is 15.0 Å². The van der Waals surface area contributed by atoms with Crippen LogP contribution >= 0.6 is 0 Å². The summed E-state index contributed by atoms with van der Waals surface area (Å²) in [7, 11) is 0. The molecule has 0 radical (unpaired) electrons. The molecule has 19 heavy (non-hydrogen) atoms. The van der Waals surface area contributed by atoms with E-state index in [4.69, 9.17) is 4.74 Å². The summed E-state index contributed by atoms with van der Waals surface area (Å²) in [5.41, 5.74) is 0.436. The van der Waals surface area contributed by atoms with Gasteiger partial charge >= 0.3 is 0 Å². The molecular weight excluding hydrogens is 256 g/mol. The lowest BCUT2D eigenvalue weighted by atomic mass is 10.3. The minimum atomic E-state index is -2.47. The first kappa shape index (κ1) is 14.1. The smallest absolute Gasteiger partial charge is 0.261 e. The summed E-state index contributed by atoms with van der Waals surface area (Å²) in [6.07, 6.45) is 0.176. The summed E-state index contributed by atoms with van der Waals surface area (Å²) in [6.45, 7) is 0.0828. The quantitative estimate of drug-likeness (QED) is 0.689. The molecule has 7 heteroatoms. The van der Waals surface area contributed by atoms with Crippen molar-refractivity contribution in [3.8, 4) is 0 Å². The summed E-state index contributed by atoms with van der Waals surface area (Å²) in [6, 6.07) is 1.98. The molecule has 106 valence electrons. The predicted molar refractivity (Wildman–Crippen MR) is 65.2 cm³/mol. The summed E-state index contributed by atoms with van der Waals surface area (Å²) in [5.74, 6) is 0.467. The van der Waals surface area contributed by atoms with Crippen molar-refractivity contribution >= 4 is 0 Å². The van der Waals surface area contributed by atoms with Crippen molar-refractivity contribution in [2.75, 3.05) is 13.2 Å². The number of H-pyrrole nitrogens is 1. The number of rotatable bonds is 8. The zero-order valence-corrected chi connectivity index (χ0v) is 10.5. The zero-order valence-electron chi connectivity index (χ0n) is 10.5. The van der Waals surface area contributed by atoms with Gasteiger partial charge in [-0.2, -0.15) is 0 Å². The molecule has 1 fully saturated rings. The number of hydrogen-bond acceptors (Lipinski definition) is 4. The first-order valence-electron chi connectivity index (χ1n) is 6.32. The molecule has 1 aliphatic rings. The summed E-state index contributed by atoms with van der Waals surface area (Å²) < 4.78 is 28.5. The monoisotopic (exact) mass is 273 g/mol. The summed E-state index contributed by atoms with van der Waals surface area (Å²) >= 11 is 0. The number of alkyl halides is 2. The fourth-order valence-corrected chi connectivity index (χ4v) is 1.65. The van der Waals surface area contributed by atoms with Crippen molar-refractivity contribution in [1.82, 2.24) is 15.3 Å². The highest BCUT2D eigenvalue weighted by molar-refractivity contribution is 5.03. The SMILES string of the molecule is O=c1cc(CNC2CC2)nc(CCOCC(F)F)[nH]1. The predicted octanol–water partition coefficient (Wildman–Crippen LogP) is 0.846. The van der Waals surface area contributed by atoms with Gasteiger partial charge in [0.15, 0.2) is 0 Å². The lowest BCUT2D eigenvalue weighted by Gasteiger charge is -2.06. The van der Waals surface area contributed by atoms with Crippen LogP contribution in [0.4, 0.5) is 8.78 Å². The maximum Gasteiger partial charge on any atom is 0.261 e. The molecule has 5 nitrogen and oxygen atoms in total. The van der Waals surface area contributed by atoms with E-state index in [2.05, 4.69) is 15.3 Å². The van der Waals surface area contributed by atoms with E-state index in [1.165, 1.54) is 6.07 Å². The Labute approximate surface area is 109 Å². The van der Waals surface area contributed by atoms with Gasteiger partial charge in [-0.25, -0.2) is 13.8 Å². The first-order valence-corrected chi connectivity index (χ1v) is 6.32. The largest absolute Gasteiger partial charge is 0.375 e. The van der Waals surface area contributed by atoms with Gasteiger partial charge in [0.2, 0.25) is 0 Å². The van der Waals surface area contributed by atoms with Crippen LogP contribution in [0.15, 0.2) is 10.9 Å². The third-order valence-corrected chi connectivity index (χ3v) is 2.72. The van der Waals surface area contributed by atoms with Crippen molar-refractivity contribution in [3.63, 3.8) is 0 Å². The van der Waals surface area contributed by atoms with Gasteiger partial charge in [-0.05, 0) is 12.8 Å². The van der Waals surface area contributed by atoms with Crippen molar-refractivity contribution in [2.45, 2.75) is 38.3 Å². The van der Waals surface area contributed by atoms with Crippen LogP contribution in [0.2, 0.25) is 0 Å². The van der Waals surface area contributed by atoms with Gasteiger partial charge in [0.1, 0.15) is 12.4 Å². The summed E-state index contributed by atoms with van der Waals surface area (Å²) in [5, 5.41) is 3.26. The molecule has 1 aromatic heterocycles. The molecule has 1 heterocycles.